The number of aromatic nitrogens is 2. The van der Waals surface area contributed by atoms with Crippen LogP contribution in [0.15, 0.2) is 36.7 Å². The number of hydrogen-bond donors (Lipinski definition) is 1. The zero-order valence-corrected chi connectivity index (χ0v) is 12.3. The van der Waals surface area contributed by atoms with Crippen LogP contribution in [0.1, 0.15) is 18.4 Å². The molecule has 5 nitrogen and oxygen atoms in total. The van der Waals surface area contributed by atoms with Gasteiger partial charge in [-0.2, -0.15) is 5.10 Å². The van der Waals surface area contributed by atoms with E-state index in [0.717, 1.165) is 49.5 Å². The van der Waals surface area contributed by atoms with Crippen molar-refractivity contribution in [1.29, 1.82) is 0 Å². The Balaban J connectivity index is 1.57. The van der Waals surface area contributed by atoms with E-state index >= 15 is 0 Å². The number of para-hydroxylation sites is 1. The van der Waals surface area contributed by atoms with Crippen LogP contribution >= 0.6 is 0 Å². The van der Waals surface area contributed by atoms with E-state index in [2.05, 4.69) is 16.5 Å². The average Bonchev–Trinajstić information content (AvgIpc) is 3.18. The largest absolute Gasteiger partial charge is 0.496 e. The molecule has 1 aromatic carbocycles. The Morgan fingerprint density at radius 1 is 1.43 bits per heavy atom. The molecule has 0 saturated carbocycles. The SMILES string of the molecule is COc1ccccc1CNc1cnn(CC2CCCO2)c1. The Labute approximate surface area is 124 Å². The molecule has 0 spiro atoms. The Bertz CT molecular complexity index is 576. The standard InChI is InChI=1S/C16H21N3O2/c1-20-16-7-3-2-5-13(16)9-17-14-10-18-19(11-14)12-15-6-4-8-21-15/h2-3,5,7,10-11,15,17H,4,6,8-9,12H2,1H3. The molecule has 0 radical (unpaired) electrons. The molecule has 21 heavy (non-hydrogen) atoms. The molecule has 0 amide bonds. The summed E-state index contributed by atoms with van der Waals surface area (Å²) < 4.78 is 12.9. The van der Waals surface area contributed by atoms with Gasteiger partial charge in [-0.3, -0.25) is 4.68 Å². The van der Waals surface area contributed by atoms with E-state index in [1.807, 2.05) is 35.3 Å². The molecule has 2 heterocycles. The lowest BCUT2D eigenvalue weighted by atomic mass is 10.2. The lowest BCUT2D eigenvalue weighted by molar-refractivity contribution is 0.0940. The van der Waals surface area contributed by atoms with Gasteiger partial charge in [0.15, 0.2) is 0 Å². The summed E-state index contributed by atoms with van der Waals surface area (Å²) >= 11 is 0. The number of rotatable bonds is 6. The van der Waals surface area contributed by atoms with Crippen LogP contribution in [0.25, 0.3) is 0 Å². The van der Waals surface area contributed by atoms with E-state index in [9.17, 15) is 0 Å². The fourth-order valence-electron chi connectivity index (χ4n) is 2.60. The molecule has 1 N–H and O–H groups in total. The third-order valence-electron chi connectivity index (χ3n) is 3.72. The summed E-state index contributed by atoms with van der Waals surface area (Å²) in [5, 5.41) is 7.75. The Hall–Kier alpha value is -2.01. The number of methoxy groups -OCH3 is 1. The summed E-state index contributed by atoms with van der Waals surface area (Å²) in [7, 11) is 1.69. The molecule has 1 aromatic heterocycles. The second-order valence-electron chi connectivity index (χ2n) is 5.25. The molecule has 2 aromatic rings. The molecule has 1 unspecified atom stereocenters. The molecule has 0 bridgehead atoms. The van der Waals surface area contributed by atoms with Crippen LogP contribution in [-0.4, -0.2) is 29.6 Å². The van der Waals surface area contributed by atoms with E-state index in [0.29, 0.717) is 6.10 Å². The van der Waals surface area contributed by atoms with E-state index < -0.39 is 0 Å². The highest BCUT2D eigenvalue weighted by Crippen LogP contribution is 2.19. The van der Waals surface area contributed by atoms with Gasteiger partial charge in [-0.25, -0.2) is 0 Å². The summed E-state index contributed by atoms with van der Waals surface area (Å²) in [6, 6.07) is 8.02. The van der Waals surface area contributed by atoms with Gasteiger partial charge in [-0.15, -0.1) is 0 Å². The second kappa shape index (κ2) is 6.63. The highest BCUT2D eigenvalue weighted by Gasteiger charge is 2.16. The van der Waals surface area contributed by atoms with Gasteiger partial charge >= 0.3 is 0 Å². The molecule has 5 heteroatoms. The lowest BCUT2D eigenvalue weighted by Gasteiger charge is -2.09. The predicted octanol–water partition coefficient (Wildman–Crippen LogP) is 2.68. The summed E-state index contributed by atoms with van der Waals surface area (Å²) in [5.74, 6) is 0.900. The number of nitrogens with zero attached hydrogens (tertiary/aromatic N) is 2. The average molecular weight is 287 g/mol. The summed E-state index contributed by atoms with van der Waals surface area (Å²) in [6.45, 7) is 2.43. The van der Waals surface area contributed by atoms with Crippen LogP contribution in [0.4, 0.5) is 5.69 Å². The van der Waals surface area contributed by atoms with Crippen molar-refractivity contribution in [2.45, 2.75) is 32.0 Å². The molecule has 1 aliphatic heterocycles. The van der Waals surface area contributed by atoms with Crippen LogP contribution in [-0.2, 0) is 17.8 Å². The maximum atomic E-state index is 5.63. The van der Waals surface area contributed by atoms with Gasteiger partial charge in [0.1, 0.15) is 5.75 Å². The van der Waals surface area contributed by atoms with Crippen LogP contribution in [0.3, 0.4) is 0 Å². The summed E-state index contributed by atoms with van der Waals surface area (Å²) in [6.07, 6.45) is 6.47. The van der Waals surface area contributed by atoms with Crippen molar-refractivity contribution in [3.8, 4) is 5.75 Å². The Morgan fingerprint density at radius 3 is 3.14 bits per heavy atom. The van der Waals surface area contributed by atoms with Crippen molar-refractivity contribution in [2.75, 3.05) is 19.0 Å². The smallest absolute Gasteiger partial charge is 0.123 e. The number of anilines is 1. The fourth-order valence-corrected chi connectivity index (χ4v) is 2.60. The van der Waals surface area contributed by atoms with Crippen molar-refractivity contribution >= 4 is 5.69 Å². The molecule has 1 saturated heterocycles. The van der Waals surface area contributed by atoms with Gasteiger partial charge in [0.2, 0.25) is 0 Å². The van der Waals surface area contributed by atoms with Crippen molar-refractivity contribution in [3.05, 3.63) is 42.2 Å². The molecular formula is C16H21N3O2. The quantitative estimate of drug-likeness (QED) is 0.887. The first-order chi connectivity index (χ1) is 10.3. The minimum Gasteiger partial charge on any atom is -0.496 e. The van der Waals surface area contributed by atoms with Crippen LogP contribution in [0.5, 0.6) is 5.75 Å². The number of hydrogen-bond acceptors (Lipinski definition) is 4. The molecule has 112 valence electrons. The van der Waals surface area contributed by atoms with Crippen molar-refractivity contribution < 1.29 is 9.47 Å². The van der Waals surface area contributed by atoms with Crippen LogP contribution in [0, 0.1) is 0 Å². The molecule has 0 aliphatic carbocycles. The molecule has 1 aliphatic rings. The Morgan fingerprint density at radius 2 is 2.33 bits per heavy atom. The van der Waals surface area contributed by atoms with Crippen molar-refractivity contribution in [3.63, 3.8) is 0 Å². The third kappa shape index (κ3) is 3.55. The fraction of sp³-hybridized carbons (Fsp3) is 0.438. The Kier molecular flexibility index (Phi) is 4.40. The second-order valence-corrected chi connectivity index (χ2v) is 5.25. The maximum absolute atomic E-state index is 5.63. The lowest BCUT2D eigenvalue weighted by Crippen LogP contribution is -2.15. The molecule has 1 atom stereocenters. The minimum absolute atomic E-state index is 0.312. The highest BCUT2D eigenvalue weighted by atomic mass is 16.5. The zero-order valence-electron chi connectivity index (χ0n) is 12.3. The van der Waals surface area contributed by atoms with Crippen LogP contribution in [0.2, 0.25) is 0 Å². The molecule has 3 rings (SSSR count). The monoisotopic (exact) mass is 287 g/mol. The van der Waals surface area contributed by atoms with Gasteiger partial charge < -0.3 is 14.8 Å². The highest BCUT2D eigenvalue weighted by molar-refractivity contribution is 5.42. The van der Waals surface area contributed by atoms with Gasteiger partial charge in [0, 0.05) is 24.9 Å². The normalized spacial score (nSPS) is 17.9. The van der Waals surface area contributed by atoms with E-state index in [1.165, 1.54) is 0 Å². The molecular weight excluding hydrogens is 266 g/mol. The number of benzene rings is 1. The van der Waals surface area contributed by atoms with E-state index in [1.54, 1.807) is 7.11 Å². The van der Waals surface area contributed by atoms with Gasteiger partial charge in [-0.1, -0.05) is 18.2 Å². The minimum atomic E-state index is 0.312. The van der Waals surface area contributed by atoms with Gasteiger partial charge in [0.05, 0.1) is 31.6 Å². The summed E-state index contributed by atoms with van der Waals surface area (Å²) in [4.78, 5) is 0. The maximum Gasteiger partial charge on any atom is 0.123 e. The zero-order chi connectivity index (χ0) is 14.5. The van der Waals surface area contributed by atoms with Crippen LogP contribution < -0.4 is 10.1 Å². The first-order valence-corrected chi connectivity index (χ1v) is 7.35. The molecule has 1 fully saturated rings. The van der Waals surface area contributed by atoms with Gasteiger partial charge in [-0.05, 0) is 18.9 Å². The first kappa shape index (κ1) is 13.9. The van der Waals surface area contributed by atoms with Crippen molar-refractivity contribution in [2.24, 2.45) is 0 Å². The van der Waals surface area contributed by atoms with E-state index in [-0.39, 0.29) is 0 Å². The van der Waals surface area contributed by atoms with Crippen molar-refractivity contribution in [1.82, 2.24) is 9.78 Å². The predicted molar refractivity (Wildman–Crippen MR) is 81.5 cm³/mol. The summed E-state index contributed by atoms with van der Waals surface area (Å²) in [5.41, 5.74) is 2.14. The van der Waals surface area contributed by atoms with Gasteiger partial charge in [0.25, 0.3) is 0 Å². The first-order valence-electron chi connectivity index (χ1n) is 7.35. The topological polar surface area (TPSA) is 48.3 Å². The number of ether oxygens (including phenoxy) is 2. The number of nitrogens with one attached hydrogen (secondary N) is 1. The van der Waals surface area contributed by atoms with E-state index in [4.69, 9.17) is 9.47 Å². The third-order valence-corrected chi connectivity index (χ3v) is 3.72.